The molecule has 2 fully saturated rings. The van der Waals surface area contributed by atoms with Crippen molar-refractivity contribution in [3.63, 3.8) is 0 Å². The molecule has 95 heavy (non-hydrogen) atoms. The van der Waals surface area contributed by atoms with E-state index in [-0.39, 0.29) is 45.4 Å². The number of rotatable bonds is 15. The molecule has 0 spiro atoms. The highest BCUT2D eigenvalue weighted by Crippen LogP contribution is 2.31. The third-order valence-electron chi connectivity index (χ3n) is 15.9. The molecule has 6 amide bonds. The van der Waals surface area contributed by atoms with Crippen LogP contribution in [0.2, 0.25) is 0 Å². The quantitative estimate of drug-likeness (QED) is 0.0560. The van der Waals surface area contributed by atoms with Gasteiger partial charge in [0.1, 0.15) is 0 Å². The van der Waals surface area contributed by atoms with Crippen molar-refractivity contribution < 1.29 is 54.0 Å². The number of imidazole rings is 1. The number of carboxylic acids is 4. The first-order chi connectivity index (χ1) is 45.2. The number of hydrogen-bond donors (Lipinski definition) is 6. The minimum atomic E-state index is -1.04. The number of carboxylic acid groups (broad SMARTS) is 4. The average molecular weight is 1280 g/mol. The molecule has 2 aliphatic rings. The normalized spacial score (nSPS) is 12.8. The maximum Gasteiger partial charge on any atom is 0.337 e. The van der Waals surface area contributed by atoms with E-state index in [2.05, 4.69) is 79.0 Å². The summed E-state index contributed by atoms with van der Waals surface area (Å²) in [5, 5.41) is 41.6. The number of nitrogens with one attached hydrogen (secondary N) is 2. The molecule has 0 saturated carbocycles. The fraction of sp³-hybridized carbons (Fsp3) is 0.227. The minimum Gasteiger partial charge on any atom is -0.478 e. The Morgan fingerprint density at radius 2 is 0.716 bits per heavy atom. The lowest BCUT2D eigenvalue weighted by molar-refractivity contribution is 0.0686. The summed E-state index contributed by atoms with van der Waals surface area (Å²) in [6.45, 7) is 21.3. The van der Waals surface area contributed by atoms with Gasteiger partial charge in [-0.05, 0) is 167 Å². The molecule has 2 saturated heterocycles. The van der Waals surface area contributed by atoms with E-state index in [1.807, 2.05) is 91.0 Å². The Hall–Kier alpha value is -11.5. The molecule has 6 N–H and O–H groups in total. The second-order valence-electron chi connectivity index (χ2n) is 24.6. The highest BCUT2D eigenvalue weighted by molar-refractivity contribution is 6.08. The number of aromatic carboxylic acids is 4. The van der Waals surface area contributed by atoms with Crippen molar-refractivity contribution in [2.24, 2.45) is 0 Å². The fourth-order valence-electron chi connectivity index (χ4n) is 10.4. The molecular formula is C75H78N8O12. The van der Waals surface area contributed by atoms with Gasteiger partial charge >= 0.3 is 47.7 Å². The Morgan fingerprint density at radius 1 is 0.368 bits per heavy atom. The predicted octanol–water partition coefficient (Wildman–Crippen LogP) is 15.7. The number of anilines is 6. The van der Waals surface area contributed by atoms with Crippen LogP contribution in [-0.2, 0) is 5.41 Å². The zero-order valence-corrected chi connectivity index (χ0v) is 54.4. The number of aromatic nitrogens is 2. The average Bonchev–Trinajstić information content (AvgIpc) is 1.70. The van der Waals surface area contributed by atoms with Gasteiger partial charge in [-0.3, -0.25) is 28.7 Å². The highest BCUT2D eigenvalue weighted by atomic mass is 16.4. The summed E-state index contributed by atoms with van der Waals surface area (Å²) >= 11 is 0. The van der Waals surface area contributed by atoms with Crippen molar-refractivity contribution in [1.29, 1.82) is 0 Å². The third kappa shape index (κ3) is 17.7. The lowest BCUT2D eigenvalue weighted by Crippen LogP contribution is -2.31. The second kappa shape index (κ2) is 30.7. The van der Waals surface area contributed by atoms with E-state index in [0.29, 0.717) is 72.4 Å². The van der Waals surface area contributed by atoms with E-state index < -0.39 is 29.9 Å². The number of hydrogen-bond acceptors (Lipinski definition) is 8. The van der Waals surface area contributed by atoms with Gasteiger partial charge in [0.05, 0.1) is 33.6 Å². The summed E-state index contributed by atoms with van der Waals surface area (Å²) < 4.78 is 2.97. The van der Waals surface area contributed by atoms with Crippen LogP contribution in [0.3, 0.4) is 0 Å². The van der Waals surface area contributed by atoms with Gasteiger partial charge in [0.25, 0.3) is 0 Å². The molecule has 11 rings (SSSR count). The summed E-state index contributed by atoms with van der Waals surface area (Å²) in [5.74, 6) is -2.77. The van der Waals surface area contributed by atoms with Crippen LogP contribution in [0, 0.1) is 0 Å². The van der Waals surface area contributed by atoms with Gasteiger partial charge in [-0.1, -0.05) is 135 Å². The van der Waals surface area contributed by atoms with Crippen LogP contribution in [0.4, 0.5) is 48.5 Å². The molecule has 0 radical (unpaired) electrons. The van der Waals surface area contributed by atoms with Crippen LogP contribution in [0.1, 0.15) is 144 Å². The largest absolute Gasteiger partial charge is 0.478 e. The molecule has 20 nitrogen and oxygen atoms in total. The zero-order valence-electron chi connectivity index (χ0n) is 54.4. The number of amides is 6. The van der Waals surface area contributed by atoms with E-state index in [0.717, 1.165) is 17.1 Å². The molecule has 3 heterocycles. The van der Waals surface area contributed by atoms with Crippen LogP contribution < -0.4 is 35.9 Å². The molecule has 8 aromatic carbocycles. The Morgan fingerprint density at radius 3 is 1.14 bits per heavy atom. The van der Waals surface area contributed by atoms with Gasteiger partial charge < -0.3 is 31.1 Å². The van der Waals surface area contributed by atoms with Gasteiger partial charge in [0, 0.05) is 72.7 Å². The zero-order chi connectivity index (χ0) is 68.8. The maximum atomic E-state index is 12.8. The van der Waals surface area contributed by atoms with Crippen LogP contribution >= 0.6 is 0 Å². The maximum absolute atomic E-state index is 12.8. The van der Waals surface area contributed by atoms with E-state index in [1.165, 1.54) is 79.9 Å². The van der Waals surface area contributed by atoms with Crippen molar-refractivity contribution >= 4 is 76.1 Å². The van der Waals surface area contributed by atoms with Crippen molar-refractivity contribution in [2.45, 2.75) is 85.5 Å². The van der Waals surface area contributed by atoms with Gasteiger partial charge in [-0.25, -0.2) is 38.4 Å². The van der Waals surface area contributed by atoms with Gasteiger partial charge in [-0.2, -0.15) is 0 Å². The summed E-state index contributed by atoms with van der Waals surface area (Å²) in [6.07, 6.45) is 3.32. The van der Waals surface area contributed by atoms with E-state index in [1.54, 1.807) is 80.5 Å². The highest BCUT2D eigenvalue weighted by Gasteiger charge is 2.33. The van der Waals surface area contributed by atoms with E-state index in [4.69, 9.17) is 20.4 Å². The molecular weight excluding hydrogens is 1200 g/mol. The van der Waals surface area contributed by atoms with Crippen molar-refractivity contribution in [3.8, 4) is 11.4 Å². The number of carbonyl (C=O) groups is 7. The summed E-state index contributed by atoms with van der Waals surface area (Å²) in [6, 6.07) is 56.2. The van der Waals surface area contributed by atoms with E-state index >= 15 is 0 Å². The monoisotopic (exact) mass is 1280 g/mol. The molecule has 490 valence electrons. The van der Waals surface area contributed by atoms with Crippen molar-refractivity contribution in [2.75, 3.05) is 56.4 Å². The standard InChI is InChI=1S/2C19H20N2O3.C19H18N2O3.C18H20N2O3/c1-13(2)14-5-3-7-16(11-14)20-9-10-21(19(20)24)17-8-4-6-15(12-17)18(22)23;2*1-13(2)14-6-8-16(9-7-14)20-10-11-21(19(20)24)17-5-3-4-15(12-17)18(22)23;1-18(2,3)13-7-9-14(10-8-13)19-17(23)20-15-6-4-5-12(11-15)16(21)22/h3-8,11-13H,9-10H2,1-2H3,(H,22,23);3-9,12-13H,10-11H2,1-2H3,(H,22,23);3-13H,1-2H3,(H,22,23);4-11H,1-3H3,(H,21,22)(H2,19,20,23). The Kier molecular flexibility index (Phi) is 22.4. The lowest BCUT2D eigenvalue weighted by Gasteiger charge is -2.20. The number of benzene rings is 8. The first-order valence-corrected chi connectivity index (χ1v) is 31.0. The molecule has 20 heteroatoms. The van der Waals surface area contributed by atoms with Crippen LogP contribution in [-0.4, -0.2) is 97.7 Å². The lowest BCUT2D eigenvalue weighted by atomic mass is 9.87. The third-order valence-corrected chi connectivity index (χ3v) is 15.9. The molecule has 1 aromatic heterocycles. The van der Waals surface area contributed by atoms with Gasteiger partial charge in [0.15, 0.2) is 0 Å². The van der Waals surface area contributed by atoms with Crippen LogP contribution in [0.25, 0.3) is 11.4 Å². The fourth-order valence-corrected chi connectivity index (χ4v) is 10.4. The Balaban J connectivity index is 0.000000162. The molecule has 9 aromatic rings. The Labute approximate surface area is 551 Å². The predicted molar refractivity (Wildman–Crippen MR) is 372 cm³/mol. The van der Waals surface area contributed by atoms with Crippen LogP contribution in [0.15, 0.2) is 211 Å². The molecule has 0 unspecified atom stereocenters. The molecule has 0 atom stereocenters. The first kappa shape index (κ1) is 69.4. The van der Waals surface area contributed by atoms with Gasteiger partial charge in [0.2, 0.25) is 0 Å². The minimum absolute atomic E-state index is 0.0536. The van der Waals surface area contributed by atoms with E-state index in [9.17, 15) is 38.4 Å². The van der Waals surface area contributed by atoms with Gasteiger partial charge in [-0.15, -0.1) is 0 Å². The first-order valence-electron chi connectivity index (χ1n) is 31.0. The number of carbonyl (C=O) groups excluding carboxylic acids is 3. The summed E-state index contributed by atoms with van der Waals surface area (Å²) in [7, 11) is 0. The van der Waals surface area contributed by atoms with Crippen molar-refractivity contribution in [3.05, 3.63) is 262 Å². The van der Waals surface area contributed by atoms with Crippen molar-refractivity contribution in [1.82, 2.24) is 9.13 Å². The smallest absolute Gasteiger partial charge is 0.337 e. The summed E-state index contributed by atoms with van der Waals surface area (Å²) in [4.78, 5) is 101. The number of nitrogens with zero attached hydrogens (tertiary/aromatic N) is 6. The molecule has 2 aliphatic heterocycles. The molecule has 0 aliphatic carbocycles. The molecule has 0 bridgehead atoms. The Bertz CT molecular complexity index is 4300. The topological polar surface area (TPSA) is 264 Å². The summed E-state index contributed by atoms with van der Waals surface area (Å²) in [5.41, 5.74) is 10.6. The number of urea groups is 3. The second-order valence-corrected chi connectivity index (χ2v) is 24.6. The SMILES string of the molecule is CC(C)(C)c1ccc(NC(=O)Nc2cccc(C(=O)O)c2)cc1.CC(C)c1ccc(-n2ccn(-c3cccc(C(=O)O)c3)c2=O)cc1.CC(C)c1ccc(N2CCN(c3cccc(C(=O)O)c3)C2=O)cc1.CC(C)c1cccc(N2CCN(c3cccc(C(=O)O)c3)C2=O)c1. The van der Waals surface area contributed by atoms with Crippen LogP contribution in [0.5, 0.6) is 0 Å².